The molecule has 0 saturated carbocycles. The van der Waals surface area contributed by atoms with Crippen LogP contribution in [-0.2, 0) is 28.6 Å². The van der Waals surface area contributed by atoms with Gasteiger partial charge in [-0.25, -0.2) is 0 Å². The van der Waals surface area contributed by atoms with Gasteiger partial charge in [0.15, 0.2) is 0 Å². The molecule has 0 fully saturated rings. The number of esters is 2. The lowest BCUT2D eigenvalue weighted by Gasteiger charge is -2.23. The largest absolute Gasteiger partial charge is 0.480 e. The van der Waals surface area contributed by atoms with Gasteiger partial charge in [0.25, 0.3) is 0 Å². The van der Waals surface area contributed by atoms with E-state index in [1.807, 2.05) is 0 Å². The van der Waals surface area contributed by atoms with Crippen molar-refractivity contribution in [3.05, 3.63) is 0 Å². The van der Waals surface area contributed by atoms with Crippen LogP contribution in [0.15, 0.2) is 0 Å². The number of unbranched alkanes of at least 4 members (excludes halogenated alkanes) is 16. The zero-order chi connectivity index (χ0) is 32.0. The number of carbonyl (C=O) groups excluding carboxylic acids is 2. The predicted molar refractivity (Wildman–Crippen MR) is 171 cm³/mol. The average Bonchev–Trinajstić information content (AvgIpc) is 2.98. The van der Waals surface area contributed by atoms with Gasteiger partial charge in [-0.1, -0.05) is 103 Å². The van der Waals surface area contributed by atoms with Crippen molar-refractivity contribution in [3.63, 3.8) is 0 Å². The number of ether oxygens (including phenoxy) is 3. The van der Waals surface area contributed by atoms with Crippen molar-refractivity contribution in [2.24, 2.45) is 5.73 Å². The highest BCUT2D eigenvalue weighted by molar-refractivity contribution is 5.75. The van der Waals surface area contributed by atoms with Crippen LogP contribution in [0.5, 0.6) is 0 Å². The maximum absolute atomic E-state index is 12.2. The summed E-state index contributed by atoms with van der Waals surface area (Å²) in [7, 11) is 1.75. The number of aliphatic hydroxyl groups is 1. The molecule has 0 aliphatic carbocycles. The fraction of sp³-hybridized carbons (Fsp3) is 0.912. The van der Waals surface area contributed by atoms with E-state index in [1.165, 1.54) is 32.1 Å². The van der Waals surface area contributed by atoms with Gasteiger partial charge in [-0.05, 0) is 44.9 Å². The lowest BCUT2D eigenvalue weighted by atomic mass is 9.99. The first-order chi connectivity index (χ1) is 20.8. The Morgan fingerprint density at radius 1 is 0.628 bits per heavy atom. The van der Waals surface area contributed by atoms with E-state index < -0.39 is 30.2 Å². The monoisotopic (exact) mass is 615 g/mol. The first-order valence-corrected chi connectivity index (χ1v) is 17.3. The number of aliphatic carboxylic acids is 1. The molecule has 254 valence electrons. The molecule has 0 aromatic rings. The van der Waals surface area contributed by atoms with Crippen LogP contribution >= 0.6 is 0 Å². The van der Waals surface area contributed by atoms with Crippen molar-refractivity contribution in [2.75, 3.05) is 20.3 Å². The van der Waals surface area contributed by atoms with Gasteiger partial charge >= 0.3 is 17.9 Å². The Labute approximate surface area is 262 Å². The standard InChI is InChI=1S/C34H65NO8/c1-3-4-17-23-31(43-33(38)26-25-29(35)34(39)40)30(36)22-18-13-9-5-6-10-14-19-24-32(37)42-28-21-16-12-8-7-11-15-20-27-41-2/h29-31,36H,3-28,35H2,1-2H3,(H,39,40)/t29-,30?,31?/m0/s1. The first-order valence-electron chi connectivity index (χ1n) is 17.3. The third kappa shape index (κ3) is 27.6. The number of carboxylic acid groups (broad SMARTS) is 1. The van der Waals surface area contributed by atoms with Crippen LogP contribution in [0.25, 0.3) is 0 Å². The Balaban J connectivity index is 3.77. The molecule has 0 aromatic heterocycles. The van der Waals surface area contributed by atoms with Gasteiger partial charge in [0, 0.05) is 26.6 Å². The third-order valence-corrected chi connectivity index (χ3v) is 7.92. The number of hydrogen-bond acceptors (Lipinski definition) is 8. The topological polar surface area (TPSA) is 145 Å². The van der Waals surface area contributed by atoms with Crippen molar-refractivity contribution in [3.8, 4) is 0 Å². The molecule has 0 aliphatic heterocycles. The predicted octanol–water partition coefficient (Wildman–Crippen LogP) is 7.24. The van der Waals surface area contributed by atoms with Crippen LogP contribution < -0.4 is 5.73 Å². The molecule has 3 atom stereocenters. The molecule has 0 rings (SSSR count). The van der Waals surface area contributed by atoms with Crippen LogP contribution in [0.3, 0.4) is 0 Å². The summed E-state index contributed by atoms with van der Waals surface area (Å²) in [5.41, 5.74) is 5.47. The molecule has 4 N–H and O–H groups in total. The molecule has 0 aliphatic rings. The summed E-state index contributed by atoms with van der Waals surface area (Å²) in [6.45, 7) is 3.50. The van der Waals surface area contributed by atoms with E-state index in [0.717, 1.165) is 96.5 Å². The molecule has 0 heterocycles. The number of rotatable bonds is 32. The summed E-state index contributed by atoms with van der Waals surface area (Å²) in [6, 6.07) is -1.09. The van der Waals surface area contributed by atoms with Crippen LogP contribution in [0.2, 0.25) is 0 Å². The van der Waals surface area contributed by atoms with Crippen LogP contribution in [0.1, 0.15) is 161 Å². The van der Waals surface area contributed by atoms with Crippen molar-refractivity contribution < 1.29 is 38.8 Å². The average molecular weight is 616 g/mol. The van der Waals surface area contributed by atoms with Gasteiger partial charge in [0.1, 0.15) is 12.1 Å². The number of nitrogens with two attached hydrogens (primary N) is 1. The second kappa shape index (κ2) is 30.3. The Hall–Kier alpha value is -1.71. The van der Waals surface area contributed by atoms with E-state index in [4.69, 9.17) is 25.1 Å². The van der Waals surface area contributed by atoms with Gasteiger partial charge in [-0.2, -0.15) is 0 Å². The van der Waals surface area contributed by atoms with Crippen LogP contribution in [0, 0.1) is 0 Å². The smallest absolute Gasteiger partial charge is 0.320 e. The summed E-state index contributed by atoms with van der Waals surface area (Å²) in [5, 5.41) is 19.6. The van der Waals surface area contributed by atoms with E-state index in [-0.39, 0.29) is 18.8 Å². The summed E-state index contributed by atoms with van der Waals surface area (Å²) in [4.78, 5) is 35.0. The second-order valence-electron chi connectivity index (χ2n) is 12.0. The Bertz CT molecular complexity index is 675. The minimum absolute atomic E-state index is 0.0209. The molecule has 0 bridgehead atoms. The fourth-order valence-electron chi connectivity index (χ4n) is 5.09. The van der Waals surface area contributed by atoms with Crippen molar-refractivity contribution >= 4 is 17.9 Å². The lowest BCUT2D eigenvalue weighted by Crippen LogP contribution is -2.33. The van der Waals surface area contributed by atoms with Gasteiger partial charge in [-0.15, -0.1) is 0 Å². The van der Waals surface area contributed by atoms with E-state index in [0.29, 0.717) is 25.9 Å². The van der Waals surface area contributed by atoms with Gasteiger partial charge in [0.2, 0.25) is 0 Å². The van der Waals surface area contributed by atoms with E-state index >= 15 is 0 Å². The molecule has 0 amide bonds. The molecule has 9 nitrogen and oxygen atoms in total. The number of carboxylic acids is 1. The third-order valence-electron chi connectivity index (χ3n) is 7.92. The second-order valence-corrected chi connectivity index (χ2v) is 12.0. The Morgan fingerprint density at radius 3 is 1.70 bits per heavy atom. The highest BCUT2D eigenvalue weighted by Gasteiger charge is 2.23. The summed E-state index contributed by atoms with van der Waals surface area (Å²) >= 11 is 0. The van der Waals surface area contributed by atoms with E-state index in [9.17, 15) is 19.5 Å². The molecule has 0 radical (unpaired) electrons. The highest BCUT2D eigenvalue weighted by atomic mass is 16.6. The Morgan fingerprint density at radius 2 is 1.14 bits per heavy atom. The molecular weight excluding hydrogens is 550 g/mol. The number of carbonyl (C=O) groups is 3. The number of aliphatic hydroxyl groups excluding tert-OH is 1. The minimum Gasteiger partial charge on any atom is -0.480 e. The zero-order valence-corrected chi connectivity index (χ0v) is 27.5. The minimum atomic E-state index is -1.14. The van der Waals surface area contributed by atoms with Gasteiger partial charge in [-0.3, -0.25) is 14.4 Å². The van der Waals surface area contributed by atoms with Crippen molar-refractivity contribution in [1.82, 2.24) is 0 Å². The highest BCUT2D eigenvalue weighted by Crippen LogP contribution is 2.18. The summed E-state index contributed by atoms with van der Waals surface area (Å²) in [5.74, 6) is -1.71. The summed E-state index contributed by atoms with van der Waals surface area (Å²) in [6.07, 6.45) is 21.1. The molecule has 0 saturated heterocycles. The van der Waals surface area contributed by atoms with Gasteiger partial charge < -0.3 is 30.2 Å². The zero-order valence-electron chi connectivity index (χ0n) is 27.5. The first kappa shape index (κ1) is 41.3. The van der Waals surface area contributed by atoms with Crippen molar-refractivity contribution in [2.45, 2.75) is 179 Å². The molecule has 2 unspecified atom stereocenters. The van der Waals surface area contributed by atoms with Crippen molar-refractivity contribution in [1.29, 1.82) is 0 Å². The maximum Gasteiger partial charge on any atom is 0.320 e. The lowest BCUT2D eigenvalue weighted by molar-refractivity contribution is -0.156. The normalized spacial score (nSPS) is 13.4. The number of hydrogen-bond donors (Lipinski definition) is 3. The van der Waals surface area contributed by atoms with Crippen LogP contribution in [0.4, 0.5) is 0 Å². The van der Waals surface area contributed by atoms with E-state index in [2.05, 4.69) is 6.92 Å². The van der Waals surface area contributed by atoms with Gasteiger partial charge in [0.05, 0.1) is 12.7 Å². The maximum atomic E-state index is 12.2. The molecule has 9 heteroatoms. The number of methoxy groups -OCH3 is 1. The van der Waals surface area contributed by atoms with Crippen LogP contribution in [-0.4, -0.2) is 66.7 Å². The van der Waals surface area contributed by atoms with E-state index in [1.54, 1.807) is 7.11 Å². The summed E-state index contributed by atoms with van der Waals surface area (Å²) < 4.78 is 16.0. The quantitative estimate of drug-likeness (QED) is 0.0526. The Kier molecular flexibility index (Phi) is 29.1. The molecule has 43 heavy (non-hydrogen) atoms. The fourth-order valence-corrected chi connectivity index (χ4v) is 5.09. The molecule has 0 aromatic carbocycles. The SMILES string of the molecule is CCCCCC(OC(=O)CC[C@H](N)C(=O)O)C(O)CCCCCCCCCCC(=O)OCCCCCCCCCCOC. The molecule has 0 spiro atoms. The molecular formula is C34H65NO8.